The molecule has 1 aromatic carbocycles. The summed E-state index contributed by atoms with van der Waals surface area (Å²) in [5.74, 6) is -2.26. The van der Waals surface area contributed by atoms with Gasteiger partial charge < -0.3 is 10.2 Å². The zero-order valence-electron chi connectivity index (χ0n) is 6.90. The van der Waals surface area contributed by atoms with Crippen molar-refractivity contribution >= 4 is 34.9 Å². The molecule has 80 valence electrons. The number of hydrogen-bond donors (Lipinski definition) is 2. The Morgan fingerprint density at radius 3 is 2.40 bits per heavy atom. The maximum atomic E-state index is 10.6. The van der Waals surface area contributed by atoms with Crippen molar-refractivity contribution in [1.29, 1.82) is 0 Å². The molecule has 0 unspecified atom stereocenters. The van der Waals surface area contributed by atoms with E-state index in [2.05, 4.69) is 0 Å². The van der Waals surface area contributed by atoms with E-state index in [4.69, 9.17) is 28.3 Å². The maximum absolute atomic E-state index is 10.6. The minimum Gasteiger partial charge on any atom is -0.505 e. The molecule has 0 saturated carbocycles. The molecule has 0 radical (unpaired) electrons. The lowest BCUT2D eigenvalue weighted by atomic mass is 10.1. The summed E-state index contributed by atoms with van der Waals surface area (Å²) in [6.45, 7) is 0. The Hall–Kier alpha value is -1.53. The summed E-state index contributed by atoms with van der Waals surface area (Å²) >= 11 is 10.8. The van der Waals surface area contributed by atoms with Crippen LogP contribution in [0.1, 0.15) is 10.4 Å². The van der Waals surface area contributed by atoms with Crippen molar-refractivity contribution in [2.45, 2.75) is 0 Å². The van der Waals surface area contributed by atoms with Crippen LogP contribution in [0.25, 0.3) is 0 Å². The van der Waals surface area contributed by atoms with Crippen LogP contribution < -0.4 is 0 Å². The van der Waals surface area contributed by atoms with Crippen LogP contribution in [-0.2, 0) is 0 Å². The molecule has 0 bridgehead atoms. The molecule has 1 rings (SSSR count). The zero-order valence-corrected chi connectivity index (χ0v) is 8.41. The summed E-state index contributed by atoms with van der Waals surface area (Å²) in [5.41, 5.74) is -1.56. The average molecular weight is 252 g/mol. The molecule has 1 aromatic rings. The molecule has 0 heterocycles. The first-order valence-electron chi connectivity index (χ1n) is 3.45. The summed E-state index contributed by atoms with van der Waals surface area (Å²) in [7, 11) is 0. The van der Waals surface area contributed by atoms with Gasteiger partial charge in [0.2, 0.25) is 0 Å². The molecule has 0 aliphatic carbocycles. The molecule has 0 spiro atoms. The van der Waals surface area contributed by atoms with Crippen LogP contribution in [0.2, 0.25) is 10.0 Å². The highest BCUT2D eigenvalue weighted by atomic mass is 35.5. The molecular weight excluding hydrogens is 249 g/mol. The monoisotopic (exact) mass is 251 g/mol. The Labute approximate surface area is 92.8 Å². The largest absolute Gasteiger partial charge is 0.505 e. The summed E-state index contributed by atoms with van der Waals surface area (Å²) in [6.07, 6.45) is 0. The van der Waals surface area contributed by atoms with Crippen LogP contribution in [0, 0.1) is 10.1 Å². The van der Waals surface area contributed by atoms with Gasteiger partial charge >= 0.3 is 11.7 Å². The van der Waals surface area contributed by atoms with Gasteiger partial charge in [0.15, 0.2) is 10.8 Å². The first-order chi connectivity index (χ1) is 6.86. The summed E-state index contributed by atoms with van der Waals surface area (Å²) in [6, 6.07) is 0.767. The molecule has 0 aliphatic heterocycles. The number of carbonyl (C=O) groups is 1. The predicted molar refractivity (Wildman–Crippen MR) is 51.7 cm³/mol. The molecule has 2 N–H and O–H groups in total. The molecule has 0 saturated heterocycles. The lowest BCUT2D eigenvalue weighted by molar-refractivity contribution is -0.385. The highest BCUT2D eigenvalue weighted by Crippen LogP contribution is 2.41. The molecular formula is C7H3Cl2NO5. The van der Waals surface area contributed by atoms with Crippen LogP contribution in [-0.4, -0.2) is 21.1 Å². The van der Waals surface area contributed by atoms with Crippen molar-refractivity contribution in [2.75, 3.05) is 0 Å². The number of halogens is 2. The van der Waals surface area contributed by atoms with Gasteiger partial charge in [-0.3, -0.25) is 10.1 Å². The minimum atomic E-state index is -1.55. The van der Waals surface area contributed by atoms with Crippen LogP contribution >= 0.6 is 23.2 Å². The van der Waals surface area contributed by atoms with Crippen LogP contribution in [0.15, 0.2) is 6.07 Å². The summed E-state index contributed by atoms with van der Waals surface area (Å²) in [5, 5.41) is 27.3. The Morgan fingerprint density at radius 1 is 1.47 bits per heavy atom. The number of nitro benzene ring substituents is 1. The summed E-state index contributed by atoms with van der Waals surface area (Å²) in [4.78, 5) is 20.2. The Bertz CT molecular complexity index is 459. The number of phenols is 1. The van der Waals surface area contributed by atoms with E-state index in [0.29, 0.717) is 0 Å². The normalized spacial score (nSPS) is 10.0. The standard InChI is InChI=1S/C7H3Cl2NO5/c8-3-1-2(7(12)13)5(10(14)15)4(9)6(3)11/h1,11H,(H,12,13). The molecule has 6 nitrogen and oxygen atoms in total. The number of carboxylic acids is 1. The molecule has 0 fully saturated rings. The van der Waals surface area contributed by atoms with E-state index in [1.807, 2.05) is 0 Å². The van der Waals surface area contributed by atoms with Crippen molar-refractivity contribution in [1.82, 2.24) is 0 Å². The number of hydrogen-bond acceptors (Lipinski definition) is 4. The third kappa shape index (κ3) is 1.95. The quantitative estimate of drug-likeness (QED) is 0.621. The first kappa shape index (κ1) is 11.5. The lowest BCUT2D eigenvalue weighted by Crippen LogP contribution is -2.03. The highest BCUT2D eigenvalue weighted by Gasteiger charge is 2.28. The van der Waals surface area contributed by atoms with Crippen LogP contribution in [0.5, 0.6) is 5.75 Å². The number of nitrogens with zero attached hydrogens (tertiary/aromatic N) is 1. The van der Waals surface area contributed by atoms with E-state index in [1.54, 1.807) is 0 Å². The van der Waals surface area contributed by atoms with E-state index in [-0.39, 0.29) is 5.02 Å². The van der Waals surface area contributed by atoms with Crippen LogP contribution in [0.3, 0.4) is 0 Å². The molecule has 0 amide bonds. The van der Waals surface area contributed by atoms with Gasteiger partial charge in [-0.2, -0.15) is 0 Å². The fraction of sp³-hybridized carbons (Fsp3) is 0. The van der Waals surface area contributed by atoms with Crippen LogP contribution in [0.4, 0.5) is 5.69 Å². The zero-order chi connectivity index (χ0) is 11.7. The molecule has 15 heavy (non-hydrogen) atoms. The summed E-state index contributed by atoms with van der Waals surface area (Å²) < 4.78 is 0. The maximum Gasteiger partial charge on any atom is 0.342 e. The highest BCUT2D eigenvalue weighted by molar-refractivity contribution is 6.39. The smallest absolute Gasteiger partial charge is 0.342 e. The van der Waals surface area contributed by atoms with Crippen molar-refractivity contribution in [3.63, 3.8) is 0 Å². The number of benzene rings is 1. The molecule has 0 aromatic heterocycles. The fourth-order valence-corrected chi connectivity index (χ4v) is 1.46. The topological polar surface area (TPSA) is 101 Å². The van der Waals surface area contributed by atoms with Gasteiger partial charge in [0.05, 0.1) is 9.95 Å². The Morgan fingerprint density at radius 2 is 2.00 bits per heavy atom. The van der Waals surface area contributed by atoms with Crippen molar-refractivity contribution in [3.8, 4) is 5.75 Å². The second-order valence-electron chi connectivity index (χ2n) is 2.48. The van der Waals surface area contributed by atoms with Crippen molar-refractivity contribution in [3.05, 3.63) is 31.8 Å². The number of aromatic hydroxyl groups is 1. The van der Waals surface area contributed by atoms with E-state index in [1.165, 1.54) is 0 Å². The second kappa shape index (κ2) is 3.92. The van der Waals surface area contributed by atoms with Gasteiger partial charge in [-0.25, -0.2) is 4.79 Å². The fourth-order valence-electron chi connectivity index (χ4n) is 0.940. The molecule has 8 heteroatoms. The number of carboxylic acid groups (broad SMARTS) is 1. The Balaban J connectivity index is 3.65. The number of aromatic carboxylic acids is 1. The lowest BCUT2D eigenvalue weighted by Gasteiger charge is -2.03. The third-order valence-corrected chi connectivity index (χ3v) is 2.23. The van der Waals surface area contributed by atoms with Crippen molar-refractivity contribution in [2.24, 2.45) is 0 Å². The SMILES string of the molecule is O=C(O)c1cc(Cl)c(O)c(Cl)c1[N+](=O)[O-]. The van der Waals surface area contributed by atoms with Gasteiger partial charge in [-0.1, -0.05) is 23.2 Å². The van der Waals surface area contributed by atoms with Gasteiger partial charge in [0, 0.05) is 0 Å². The Kier molecular flexibility index (Phi) is 3.01. The van der Waals surface area contributed by atoms with Gasteiger partial charge in [0.25, 0.3) is 0 Å². The van der Waals surface area contributed by atoms with E-state index >= 15 is 0 Å². The predicted octanol–water partition coefficient (Wildman–Crippen LogP) is 2.31. The van der Waals surface area contributed by atoms with Gasteiger partial charge in [0.1, 0.15) is 5.56 Å². The number of nitro groups is 1. The molecule has 0 atom stereocenters. The van der Waals surface area contributed by atoms with Gasteiger partial charge in [-0.05, 0) is 6.07 Å². The second-order valence-corrected chi connectivity index (χ2v) is 3.26. The number of rotatable bonds is 2. The van der Waals surface area contributed by atoms with Crippen molar-refractivity contribution < 1.29 is 19.9 Å². The number of phenolic OH excluding ortho intramolecular Hbond substituents is 1. The first-order valence-corrected chi connectivity index (χ1v) is 4.20. The van der Waals surface area contributed by atoms with E-state index in [9.17, 15) is 20.0 Å². The molecule has 0 aliphatic rings. The minimum absolute atomic E-state index is 0.358. The average Bonchev–Trinajstić information content (AvgIpc) is 2.12. The third-order valence-electron chi connectivity index (χ3n) is 1.58. The van der Waals surface area contributed by atoms with Gasteiger partial charge in [-0.15, -0.1) is 0 Å². The van der Waals surface area contributed by atoms with E-state index in [0.717, 1.165) is 6.07 Å². The van der Waals surface area contributed by atoms with E-state index < -0.39 is 32.9 Å².